The molecule has 1 atom stereocenters. The van der Waals surface area contributed by atoms with E-state index < -0.39 is 0 Å². The third kappa shape index (κ3) is 4.67. The van der Waals surface area contributed by atoms with E-state index in [1.807, 2.05) is 11.7 Å². The molecular formula is C18H33IN6. The van der Waals surface area contributed by atoms with Crippen molar-refractivity contribution in [1.82, 2.24) is 24.9 Å². The molecule has 0 amide bonds. The Morgan fingerprint density at radius 2 is 1.96 bits per heavy atom. The average molecular weight is 460 g/mol. The van der Waals surface area contributed by atoms with Crippen LogP contribution in [0.3, 0.4) is 0 Å². The quantitative estimate of drug-likeness (QED) is 0.426. The molecule has 0 bridgehead atoms. The summed E-state index contributed by atoms with van der Waals surface area (Å²) in [5, 5.41) is 7.98. The second-order valence-corrected chi connectivity index (χ2v) is 7.07. The number of nitrogens with one attached hydrogen (secondary N) is 1. The standard InChI is InChI=1S/C18H32N6.HI/c1-5-19-18(20-12-17-14(2)21-22(4)15(17)3)24-11-8-16(13-24)23-9-6-7-10-23;/h16H,5-13H2,1-4H3,(H,19,20);1H. The van der Waals surface area contributed by atoms with Crippen molar-refractivity contribution in [2.45, 2.75) is 52.6 Å². The molecule has 1 aromatic heterocycles. The maximum absolute atomic E-state index is 4.92. The number of aromatic nitrogens is 2. The molecule has 2 fully saturated rings. The van der Waals surface area contributed by atoms with Crippen molar-refractivity contribution in [2.75, 3.05) is 32.7 Å². The number of aliphatic imine (C=N–C) groups is 1. The van der Waals surface area contributed by atoms with Crippen LogP contribution in [0.4, 0.5) is 0 Å². The zero-order chi connectivity index (χ0) is 17.1. The number of guanidine groups is 1. The lowest BCUT2D eigenvalue weighted by atomic mass is 10.2. The van der Waals surface area contributed by atoms with Crippen LogP contribution >= 0.6 is 24.0 Å². The van der Waals surface area contributed by atoms with E-state index in [1.165, 1.54) is 43.6 Å². The molecule has 0 saturated carbocycles. The van der Waals surface area contributed by atoms with Gasteiger partial charge in [0.2, 0.25) is 0 Å². The first-order valence-corrected chi connectivity index (χ1v) is 9.36. The van der Waals surface area contributed by atoms with Crippen LogP contribution in [0.1, 0.15) is 43.1 Å². The largest absolute Gasteiger partial charge is 0.357 e. The molecule has 1 aromatic rings. The first-order valence-electron chi connectivity index (χ1n) is 9.36. The highest BCUT2D eigenvalue weighted by atomic mass is 127. The molecule has 0 radical (unpaired) electrons. The van der Waals surface area contributed by atoms with Crippen molar-refractivity contribution in [1.29, 1.82) is 0 Å². The minimum atomic E-state index is 0. The lowest BCUT2D eigenvalue weighted by Crippen LogP contribution is -2.42. The lowest BCUT2D eigenvalue weighted by Gasteiger charge is -2.25. The van der Waals surface area contributed by atoms with Gasteiger partial charge in [-0.2, -0.15) is 5.10 Å². The van der Waals surface area contributed by atoms with E-state index in [0.717, 1.165) is 31.3 Å². The van der Waals surface area contributed by atoms with E-state index in [1.54, 1.807) is 0 Å². The van der Waals surface area contributed by atoms with Crippen LogP contribution < -0.4 is 5.32 Å². The first-order chi connectivity index (χ1) is 11.6. The Labute approximate surface area is 169 Å². The van der Waals surface area contributed by atoms with Gasteiger partial charge in [-0.05, 0) is 53.1 Å². The summed E-state index contributed by atoms with van der Waals surface area (Å²) in [6, 6.07) is 0.707. The summed E-state index contributed by atoms with van der Waals surface area (Å²) in [5.41, 5.74) is 3.55. The third-order valence-electron chi connectivity index (χ3n) is 5.50. The number of hydrogen-bond acceptors (Lipinski definition) is 3. The van der Waals surface area contributed by atoms with Crippen molar-refractivity contribution in [3.05, 3.63) is 17.0 Å². The van der Waals surface area contributed by atoms with Crippen LogP contribution in [0.5, 0.6) is 0 Å². The molecule has 0 aliphatic carbocycles. The highest BCUT2D eigenvalue weighted by molar-refractivity contribution is 14.0. The predicted octanol–water partition coefficient (Wildman–Crippen LogP) is 2.29. The maximum atomic E-state index is 4.92. The van der Waals surface area contributed by atoms with Gasteiger partial charge in [-0.25, -0.2) is 4.99 Å². The first kappa shape index (κ1) is 20.5. The van der Waals surface area contributed by atoms with Crippen molar-refractivity contribution in [3.8, 4) is 0 Å². The SMILES string of the molecule is CCNC(=NCc1c(C)nn(C)c1C)N1CCC(N2CCCC2)C1.I. The normalized spacial score (nSPS) is 21.7. The van der Waals surface area contributed by atoms with E-state index in [4.69, 9.17) is 4.99 Å². The average Bonchev–Trinajstić information content (AvgIpc) is 3.27. The summed E-state index contributed by atoms with van der Waals surface area (Å²) in [5.74, 6) is 1.06. The molecule has 1 N–H and O–H groups in total. The number of aryl methyl sites for hydroxylation is 2. The topological polar surface area (TPSA) is 48.7 Å². The Kier molecular flexibility index (Phi) is 7.54. The minimum Gasteiger partial charge on any atom is -0.357 e. The molecule has 3 heterocycles. The molecule has 7 heteroatoms. The fourth-order valence-electron chi connectivity index (χ4n) is 3.97. The maximum Gasteiger partial charge on any atom is 0.194 e. The molecule has 3 rings (SSSR count). The Morgan fingerprint density at radius 1 is 1.24 bits per heavy atom. The molecule has 2 aliphatic rings. The molecule has 2 saturated heterocycles. The zero-order valence-electron chi connectivity index (χ0n) is 16.1. The van der Waals surface area contributed by atoms with Crippen LogP contribution in [0.15, 0.2) is 4.99 Å². The van der Waals surface area contributed by atoms with Crippen molar-refractivity contribution in [3.63, 3.8) is 0 Å². The van der Waals surface area contributed by atoms with Crippen molar-refractivity contribution >= 4 is 29.9 Å². The minimum absolute atomic E-state index is 0. The fourth-order valence-corrected chi connectivity index (χ4v) is 3.97. The lowest BCUT2D eigenvalue weighted by molar-refractivity contribution is 0.249. The smallest absolute Gasteiger partial charge is 0.194 e. The van der Waals surface area contributed by atoms with Gasteiger partial charge in [0.1, 0.15) is 0 Å². The summed E-state index contributed by atoms with van der Waals surface area (Å²) in [7, 11) is 2.00. The molecule has 6 nitrogen and oxygen atoms in total. The predicted molar refractivity (Wildman–Crippen MR) is 114 cm³/mol. The van der Waals surface area contributed by atoms with Crippen LogP contribution in [0.2, 0.25) is 0 Å². The van der Waals surface area contributed by atoms with Gasteiger partial charge in [-0.3, -0.25) is 9.58 Å². The molecule has 142 valence electrons. The van der Waals surface area contributed by atoms with Crippen LogP contribution in [-0.4, -0.2) is 64.3 Å². The Bertz CT molecular complexity index is 591. The molecule has 0 aromatic carbocycles. The number of hydrogen-bond donors (Lipinski definition) is 1. The summed E-state index contributed by atoms with van der Waals surface area (Å²) < 4.78 is 1.95. The van der Waals surface area contributed by atoms with E-state index in [2.05, 4.69) is 41.0 Å². The molecule has 2 aliphatic heterocycles. The molecular weight excluding hydrogens is 427 g/mol. The fraction of sp³-hybridized carbons (Fsp3) is 0.778. The van der Waals surface area contributed by atoms with Gasteiger partial charge in [-0.1, -0.05) is 0 Å². The zero-order valence-corrected chi connectivity index (χ0v) is 18.4. The Balaban J connectivity index is 0.00000225. The van der Waals surface area contributed by atoms with E-state index in [-0.39, 0.29) is 24.0 Å². The van der Waals surface area contributed by atoms with Gasteiger partial charge in [0.25, 0.3) is 0 Å². The second-order valence-electron chi connectivity index (χ2n) is 7.07. The molecule has 0 spiro atoms. The Morgan fingerprint density at radius 3 is 2.56 bits per heavy atom. The van der Waals surface area contributed by atoms with Crippen LogP contribution in [0, 0.1) is 13.8 Å². The van der Waals surface area contributed by atoms with E-state index in [9.17, 15) is 0 Å². The van der Waals surface area contributed by atoms with Gasteiger partial charge < -0.3 is 10.2 Å². The van der Waals surface area contributed by atoms with E-state index in [0.29, 0.717) is 12.6 Å². The second kappa shape index (κ2) is 9.21. The summed E-state index contributed by atoms with van der Waals surface area (Å²) in [4.78, 5) is 10.0. The van der Waals surface area contributed by atoms with Gasteiger partial charge >= 0.3 is 0 Å². The Hall–Kier alpha value is -0.830. The van der Waals surface area contributed by atoms with Gasteiger partial charge in [0.15, 0.2) is 5.96 Å². The monoisotopic (exact) mass is 460 g/mol. The molecule has 25 heavy (non-hydrogen) atoms. The summed E-state index contributed by atoms with van der Waals surface area (Å²) in [6.45, 7) is 12.7. The highest BCUT2D eigenvalue weighted by Gasteiger charge is 2.30. The summed E-state index contributed by atoms with van der Waals surface area (Å²) in [6.07, 6.45) is 3.99. The number of likely N-dealkylation sites (tertiary alicyclic amines) is 2. The van der Waals surface area contributed by atoms with Crippen molar-refractivity contribution < 1.29 is 0 Å². The number of nitrogens with zero attached hydrogens (tertiary/aromatic N) is 5. The van der Waals surface area contributed by atoms with Gasteiger partial charge in [0, 0.05) is 44.0 Å². The van der Waals surface area contributed by atoms with E-state index >= 15 is 0 Å². The van der Waals surface area contributed by atoms with Gasteiger partial charge in [-0.15, -0.1) is 24.0 Å². The van der Waals surface area contributed by atoms with Crippen LogP contribution in [0.25, 0.3) is 0 Å². The summed E-state index contributed by atoms with van der Waals surface area (Å²) >= 11 is 0. The third-order valence-corrected chi connectivity index (χ3v) is 5.50. The van der Waals surface area contributed by atoms with Gasteiger partial charge in [0.05, 0.1) is 12.2 Å². The highest BCUT2D eigenvalue weighted by Crippen LogP contribution is 2.21. The number of rotatable bonds is 4. The molecule has 1 unspecified atom stereocenters. The number of halogens is 1. The van der Waals surface area contributed by atoms with Crippen LogP contribution in [-0.2, 0) is 13.6 Å². The van der Waals surface area contributed by atoms with Crippen molar-refractivity contribution in [2.24, 2.45) is 12.0 Å².